The Morgan fingerprint density at radius 2 is 1.60 bits per heavy atom. The van der Waals surface area contributed by atoms with E-state index in [9.17, 15) is 18.0 Å². The van der Waals surface area contributed by atoms with Crippen LogP contribution in [0.3, 0.4) is 0 Å². The van der Waals surface area contributed by atoms with Crippen LogP contribution in [-0.4, -0.2) is 47.9 Å². The van der Waals surface area contributed by atoms with E-state index in [1.54, 1.807) is 59.6 Å². The molecule has 4 aromatic rings. The van der Waals surface area contributed by atoms with Gasteiger partial charge in [0.15, 0.2) is 5.78 Å². The molecule has 7 nitrogen and oxygen atoms in total. The predicted octanol–water partition coefficient (Wildman–Crippen LogP) is 6.39. The van der Waals surface area contributed by atoms with Crippen LogP contribution >= 0.6 is 22.6 Å². The highest BCUT2D eigenvalue weighted by Crippen LogP contribution is 2.33. The van der Waals surface area contributed by atoms with Crippen molar-refractivity contribution in [2.45, 2.75) is 37.7 Å². The molecular formula is C31H31IN2O5S. The monoisotopic (exact) mass is 670 g/mol. The molecule has 1 aromatic heterocycles. The number of amides is 1. The molecule has 0 saturated carbocycles. The molecule has 208 valence electrons. The Kier molecular flexibility index (Phi) is 7.80. The standard InChI is InChI=1S/C31H31IN2O5S/c1-31(2,3)39-30(36)33-18-23(16-21-10-6-4-7-11-21)26(19-33)29(35)22-14-15-28-25(17-22)27(32)20-34(28)40(37,38)24-12-8-5-9-13-24/h4-15,17,20,23,26H,16,18-19H2,1-3H3. The lowest BCUT2D eigenvalue weighted by Crippen LogP contribution is -2.36. The van der Waals surface area contributed by atoms with Crippen LogP contribution in [0.25, 0.3) is 10.9 Å². The summed E-state index contributed by atoms with van der Waals surface area (Å²) in [5, 5.41) is 0.688. The third-order valence-electron chi connectivity index (χ3n) is 7.08. The van der Waals surface area contributed by atoms with Gasteiger partial charge in [-0.2, -0.15) is 0 Å². The molecule has 2 atom stereocenters. The lowest BCUT2D eigenvalue weighted by Gasteiger charge is -2.24. The maximum absolute atomic E-state index is 14.0. The minimum atomic E-state index is -3.80. The van der Waals surface area contributed by atoms with Gasteiger partial charge >= 0.3 is 6.09 Å². The molecule has 9 heteroatoms. The van der Waals surface area contributed by atoms with E-state index >= 15 is 0 Å². The SMILES string of the molecule is CC(C)(C)OC(=O)N1CC(Cc2ccccc2)C(C(=O)c2ccc3c(c2)c(I)cn3S(=O)(=O)c2ccccc2)C1. The topological polar surface area (TPSA) is 85.7 Å². The van der Waals surface area contributed by atoms with E-state index in [1.165, 1.54) is 3.97 Å². The van der Waals surface area contributed by atoms with Crippen LogP contribution in [0.5, 0.6) is 0 Å². The van der Waals surface area contributed by atoms with E-state index in [0.29, 0.717) is 29.4 Å². The number of likely N-dealkylation sites (tertiary alicyclic amines) is 1. The van der Waals surface area contributed by atoms with E-state index in [-0.39, 0.29) is 23.1 Å². The maximum atomic E-state index is 14.0. The van der Waals surface area contributed by atoms with Crippen LogP contribution in [0.15, 0.2) is 90.0 Å². The molecule has 40 heavy (non-hydrogen) atoms. The van der Waals surface area contributed by atoms with E-state index < -0.39 is 27.6 Å². The normalized spacial score (nSPS) is 17.8. The van der Waals surface area contributed by atoms with Crippen molar-refractivity contribution in [3.8, 4) is 0 Å². The fourth-order valence-corrected chi connectivity index (χ4v) is 7.49. The van der Waals surface area contributed by atoms with Crippen molar-refractivity contribution >= 4 is 55.4 Å². The van der Waals surface area contributed by atoms with Gasteiger partial charge in [-0.25, -0.2) is 17.2 Å². The average molecular weight is 671 g/mol. The summed E-state index contributed by atoms with van der Waals surface area (Å²) >= 11 is 2.10. The molecule has 1 saturated heterocycles. The molecule has 1 fully saturated rings. The highest BCUT2D eigenvalue weighted by molar-refractivity contribution is 14.1. The highest BCUT2D eigenvalue weighted by atomic mass is 127. The summed E-state index contributed by atoms with van der Waals surface area (Å²) in [6.07, 6.45) is 1.82. The van der Waals surface area contributed by atoms with Crippen LogP contribution in [0, 0.1) is 15.4 Å². The fourth-order valence-electron chi connectivity index (χ4n) is 5.20. The molecule has 0 bridgehead atoms. The molecule has 0 N–H and O–H groups in total. The van der Waals surface area contributed by atoms with Gasteiger partial charge < -0.3 is 9.64 Å². The van der Waals surface area contributed by atoms with Crippen LogP contribution in [0.1, 0.15) is 36.7 Å². The Morgan fingerprint density at radius 1 is 0.950 bits per heavy atom. The Bertz CT molecular complexity index is 1660. The number of ether oxygens (including phenoxy) is 1. The molecule has 1 aliphatic rings. The lowest BCUT2D eigenvalue weighted by atomic mass is 9.84. The number of ketones is 1. The molecule has 0 radical (unpaired) electrons. The van der Waals surface area contributed by atoms with E-state index in [2.05, 4.69) is 22.6 Å². The molecule has 1 amide bonds. The van der Waals surface area contributed by atoms with Gasteiger partial charge in [-0.05, 0) is 91.6 Å². The average Bonchev–Trinajstić information content (AvgIpc) is 3.50. The molecular weight excluding hydrogens is 639 g/mol. The molecule has 2 unspecified atom stereocenters. The number of Topliss-reactive ketones (excluding diaryl/α,β-unsaturated/α-hetero) is 1. The van der Waals surface area contributed by atoms with Crippen molar-refractivity contribution in [3.63, 3.8) is 0 Å². The minimum Gasteiger partial charge on any atom is -0.444 e. The van der Waals surface area contributed by atoms with Gasteiger partial charge in [0.05, 0.1) is 10.4 Å². The Labute approximate surface area is 248 Å². The first kappa shape index (κ1) is 28.4. The summed E-state index contributed by atoms with van der Waals surface area (Å²) in [4.78, 5) is 28.7. The largest absolute Gasteiger partial charge is 0.444 e. The molecule has 2 heterocycles. The number of hydrogen-bond donors (Lipinski definition) is 0. The zero-order valence-corrected chi connectivity index (χ0v) is 25.6. The summed E-state index contributed by atoms with van der Waals surface area (Å²) < 4.78 is 34.3. The summed E-state index contributed by atoms with van der Waals surface area (Å²) in [5.74, 6) is -0.568. The third-order valence-corrected chi connectivity index (χ3v) is 9.62. The van der Waals surface area contributed by atoms with Crippen molar-refractivity contribution in [1.29, 1.82) is 0 Å². The van der Waals surface area contributed by atoms with Crippen molar-refractivity contribution in [2.24, 2.45) is 11.8 Å². The van der Waals surface area contributed by atoms with Gasteiger partial charge in [-0.15, -0.1) is 0 Å². The Balaban J connectivity index is 1.47. The molecule has 0 aliphatic carbocycles. The Morgan fingerprint density at radius 3 is 2.25 bits per heavy atom. The first-order chi connectivity index (χ1) is 18.9. The summed E-state index contributed by atoms with van der Waals surface area (Å²) in [6.45, 7) is 6.17. The number of fused-ring (bicyclic) bond motifs is 1. The minimum absolute atomic E-state index is 0.0663. The molecule has 0 spiro atoms. The van der Waals surface area contributed by atoms with Crippen molar-refractivity contribution in [1.82, 2.24) is 8.87 Å². The van der Waals surface area contributed by atoms with Crippen LogP contribution < -0.4 is 0 Å². The van der Waals surface area contributed by atoms with Crippen LogP contribution in [0.2, 0.25) is 0 Å². The van der Waals surface area contributed by atoms with Gasteiger partial charge in [-0.3, -0.25) is 4.79 Å². The van der Waals surface area contributed by atoms with Gasteiger partial charge in [0.1, 0.15) is 5.60 Å². The van der Waals surface area contributed by atoms with Crippen molar-refractivity contribution in [3.05, 3.63) is 99.8 Å². The second kappa shape index (κ2) is 11.0. The zero-order valence-electron chi connectivity index (χ0n) is 22.6. The number of aromatic nitrogens is 1. The van der Waals surface area contributed by atoms with Gasteiger partial charge in [0.25, 0.3) is 10.0 Å². The number of carbonyl (C=O) groups is 2. The summed E-state index contributed by atoms with van der Waals surface area (Å²) in [7, 11) is -3.80. The van der Waals surface area contributed by atoms with Gasteiger partial charge in [0.2, 0.25) is 0 Å². The van der Waals surface area contributed by atoms with Gasteiger partial charge in [0, 0.05) is 39.7 Å². The number of halogens is 1. The first-order valence-corrected chi connectivity index (χ1v) is 15.6. The number of benzene rings is 3. The number of rotatable bonds is 6. The van der Waals surface area contributed by atoms with E-state index in [0.717, 1.165) is 9.13 Å². The van der Waals surface area contributed by atoms with E-state index in [1.807, 2.05) is 51.1 Å². The lowest BCUT2D eigenvalue weighted by molar-refractivity contribution is 0.0285. The fraction of sp³-hybridized carbons (Fsp3) is 0.290. The molecule has 1 aliphatic heterocycles. The second-order valence-corrected chi connectivity index (χ2v) is 14.1. The van der Waals surface area contributed by atoms with Gasteiger partial charge in [-0.1, -0.05) is 48.5 Å². The number of carbonyl (C=O) groups excluding carboxylic acids is 2. The third kappa shape index (κ3) is 5.81. The number of hydrogen-bond acceptors (Lipinski definition) is 5. The number of nitrogens with zero attached hydrogens (tertiary/aromatic N) is 2. The zero-order chi connectivity index (χ0) is 28.7. The summed E-state index contributed by atoms with van der Waals surface area (Å²) in [6, 6.07) is 23.4. The molecule has 3 aromatic carbocycles. The Hall–Kier alpha value is -3.18. The van der Waals surface area contributed by atoms with Crippen LogP contribution in [-0.2, 0) is 21.2 Å². The molecule has 5 rings (SSSR count). The quantitative estimate of drug-likeness (QED) is 0.175. The van der Waals surface area contributed by atoms with Crippen LogP contribution in [0.4, 0.5) is 4.79 Å². The van der Waals surface area contributed by atoms with E-state index in [4.69, 9.17) is 4.74 Å². The first-order valence-electron chi connectivity index (χ1n) is 13.1. The second-order valence-electron chi connectivity index (χ2n) is 11.1. The summed E-state index contributed by atoms with van der Waals surface area (Å²) in [5.41, 5.74) is 1.47. The van der Waals surface area contributed by atoms with Crippen molar-refractivity contribution in [2.75, 3.05) is 13.1 Å². The highest BCUT2D eigenvalue weighted by Gasteiger charge is 2.41. The van der Waals surface area contributed by atoms with Crippen molar-refractivity contribution < 1.29 is 22.7 Å². The maximum Gasteiger partial charge on any atom is 0.410 e. The smallest absolute Gasteiger partial charge is 0.410 e. The predicted molar refractivity (Wildman–Crippen MR) is 163 cm³/mol.